The molecule has 0 N–H and O–H groups in total. The van der Waals surface area contributed by atoms with Crippen molar-refractivity contribution in [2.75, 3.05) is 4.90 Å². The highest BCUT2D eigenvalue weighted by Crippen LogP contribution is 2.44. The number of benzene rings is 14. The molecule has 0 unspecified atom stereocenters. The predicted molar refractivity (Wildman–Crippen MR) is 410 cm³/mol. The molecule has 17 aromatic rings. The van der Waals surface area contributed by atoms with E-state index >= 15 is 0 Å². The Balaban J connectivity index is 0.763. The first-order valence-electron chi connectivity index (χ1n) is 33.9. The third-order valence-corrected chi connectivity index (χ3v) is 19.7. The summed E-state index contributed by atoms with van der Waals surface area (Å²) in [5, 5.41) is 2.24. The summed E-state index contributed by atoms with van der Waals surface area (Å²) in [5.41, 5.74) is 29.2. The van der Waals surface area contributed by atoms with E-state index < -0.39 is 0 Å². The Morgan fingerprint density at radius 2 is 0.828 bits per heavy atom. The Kier molecular flexibility index (Phi) is 14.7. The number of aryl methyl sites for hydroxylation is 2. The van der Waals surface area contributed by atoms with Crippen LogP contribution in [0.4, 0.5) is 17.1 Å². The summed E-state index contributed by atoms with van der Waals surface area (Å²) >= 11 is 0. The number of aromatic nitrogens is 4. The zero-order chi connectivity index (χ0) is 65.9. The van der Waals surface area contributed by atoms with Crippen molar-refractivity contribution in [1.29, 1.82) is 0 Å². The molecule has 0 atom stereocenters. The molecule has 0 saturated carbocycles. The summed E-state index contributed by atoms with van der Waals surface area (Å²) in [5.74, 6) is 2.19. The first-order valence-corrected chi connectivity index (χ1v) is 33.9. The van der Waals surface area contributed by atoms with Crippen LogP contribution in [0.15, 0.2) is 352 Å². The van der Waals surface area contributed by atoms with Gasteiger partial charge in [-0.3, -0.25) is 13.7 Å². The average molecular weight is 1270 g/mol. The fourth-order valence-electron chi connectivity index (χ4n) is 15.2. The maximum atomic E-state index is 7.07. The highest BCUT2D eigenvalue weighted by molar-refractivity contribution is 6.98. The molecule has 1 aliphatic rings. The summed E-state index contributed by atoms with van der Waals surface area (Å²) in [6.07, 6.45) is 5.95. The molecule has 0 saturated heterocycles. The molecule has 4 heterocycles. The van der Waals surface area contributed by atoms with Gasteiger partial charge in [-0.2, -0.15) is 0 Å². The Morgan fingerprint density at radius 3 is 1.41 bits per heavy atom. The van der Waals surface area contributed by atoms with Crippen molar-refractivity contribution in [3.63, 3.8) is 0 Å². The molecule has 18 rings (SSSR count). The lowest BCUT2D eigenvalue weighted by Crippen LogP contribution is -2.58. The largest absolute Gasteiger partial charge is 0.458 e. The number of anilines is 3. The summed E-state index contributed by atoms with van der Waals surface area (Å²) in [4.78, 5) is 7.60. The molecule has 1 aliphatic heterocycles. The Labute approximate surface area is 576 Å². The highest BCUT2D eigenvalue weighted by Gasteiger charge is 2.37. The Hall–Kier alpha value is -12.8. The van der Waals surface area contributed by atoms with Gasteiger partial charge in [0, 0.05) is 40.5 Å². The lowest BCUT2D eigenvalue weighted by Gasteiger charge is -2.37. The molecule has 3 aromatic heterocycles. The van der Waals surface area contributed by atoms with Crippen LogP contribution in [-0.2, 0) is 0 Å². The molecule has 0 fully saturated rings. The van der Waals surface area contributed by atoms with Gasteiger partial charge in [-0.05, 0) is 183 Å². The van der Waals surface area contributed by atoms with E-state index in [0.29, 0.717) is 11.5 Å². The van der Waals surface area contributed by atoms with E-state index in [1.54, 1.807) is 0 Å². The van der Waals surface area contributed by atoms with Gasteiger partial charge < -0.3 is 9.64 Å². The van der Waals surface area contributed by atoms with Crippen LogP contribution < -0.4 is 30.6 Å². The maximum Gasteiger partial charge on any atom is 0.269 e. The third-order valence-electron chi connectivity index (χ3n) is 19.7. The predicted octanol–water partition coefficient (Wildman–Crippen LogP) is 20.9. The quantitative estimate of drug-likeness (QED) is 0.0656. The van der Waals surface area contributed by atoms with Crippen LogP contribution in [0.3, 0.4) is 0 Å². The second-order valence-corrected chi connectivity index (χ2v) is 25.7. The molecule has 7 heteroatoms. The maximum absolute atomic E-state index is 7.07. The van der Waals surface area contributed by atoms with Crippen LogP contribution in [0.1, 0.15) is 11.1 Å². The van der Waals surface area contributed by atoms with Gasteiger partial charge in [0.2, 0.25) is 6.71 Å². The van der Waals surface area contributed by atoms with Crippen molar-refractivity contribution in [2.45, 2.75) is 13.8 Å². The van der Waals surface area contributed by atoms with Crippen LogP contribution in [0.2, 0.25) is 0 Å². The molecular weight excluding hydrogens is 1200 g/mol. The number of rotatable bonds is 13. The van der Waals surface area contributed by atoms with Gasteiger partial charge in [-0.25, -0.2) is 4.98 Å². The molecule has 0 aliphatic carbocycles. The zero-order valence-corrected chi connectivity index (χ0v) is 54.7. The summed E-state index contributed by atoms with van der Waals surface area (Å²) in [6.45, 7) is 4.56. The van der Waals surface area contributed by atoms with E-state index in [4.69, 9.17) is 9.72 Å². The number of pyridine rings is 1. The molecule has 99 heavy (non-hydrogen) atoms. The first kappa shape index (κ1) is 58.7. The third kappa shape index (κ3) is 10.6. The smallest absolute Gasteiger partial charge is 0.269 e. The summed E-state index contributed by atoms with van der Waals surface area (Å²) in [6, 6.07) is 124. The Morgan fingerprint density at radius 1 is 0.354 bits per heavy atom. The molecule has 14 aromatic carbocycles. The van der Waals surface area contributed by atoms with E-state index in [1.807, 2.05) is 12.3 Å². The lowest BCUT2D eigenvalue weighted by molar-refractivity contribution is -0.571. The first-order chi connectivity index (χ1) is 48.9. The van der Waals surface area contributed by atoms with Crippen molar-refractivity contribution in [3.05, 3.63) is 369 Å². The van der Waals surface area contributed by atoms with Crippen LogP contribution >= 0.6 is 0 Å². The second kappa shape index (κ2) is 24.7. The summed E-state index contributed by atoms with van der Waals surface area (Å²) < 4.78 is 13.8. The standard InChI is InChI=1S/C92H64BN5O/c1-62-26-23-27-63(2)91(62)93-82-41-16-19-44-85(82)97(86-45-20-17-42-83(86)93)75-50-51-94-90(59-75)98-84-43-18-15-38-80(84)81-49-48-77(60-89(81)98)99-76-37-24-36-74(58-76)95-61-96(88-47-22-21-46-87(88)95)92-78(72-54-68(64-28-7-3-8-29-64)52-69(55-72)65-30-9-4-10-31-65)39-25-40-79(92)73-56-70(66-32-11-5-12-33-66)53-71(57-73)67-34-13-6-14-35-67/h3-60H,1-2H3. The number of ether oxygens (including phenoxy) is 1. The van der Waals surface area contributed by atoms with E-state index in [2.05, 4.69) is 378 Å². The van der Waals surface area contributed by atoms with Crippen LogP contribution in [-0.4, -0.2) is 20.8 Å². The van der Waals surface area contributed by atoms with Crippen molar-refractivity contribution in [2.24, 2.45) is 0 Å². The lowest BCUT2D eigenvalue weighted by atomic mass is 9.34. The van der Waals surface area contributed by atoms with Gasteiger partial charge in [0.1, 0.15) is 17.3 Å². The number of para-hydroxylation sites is 6. The van der Waals surface area contributed by atoms with Gasteiger partial charge in [0.25, 0.3) is 6.33 Å². The molecule has 6 nitrogen and oxygen atoms in total. The van der Waals surface area contributed by atoms with E-state index in [0.717, 1.165) is 134 Å². The summed E-state index contributed by atoms with van der Waals surface area (Å²) in [7, 11) is 0. The van der Waals surface area contributed by atoms with Crippen molar-refractivity contribution >= 4 is 73.0 Å². The van der Waals surface area contributed by atoms with Gasteiger partial charge in [0.15, 0.2) is 0 Å². The topological polar surface area (TPSA) is 39.1 Å². The molecule has 0 spiro atoms. The van der Waals surface area contributed by atoms with Gasteiger partial charge >= 0.3 is 0 Å². The van der Waals surface area contributed by atoms with Crippen LogP contribution in [0.25, 0.3) is 117 Å². The van der Waals surface area contributed by atoms with Crippen LogP contribution in [0, 0.1) is 20.2 Å². The minimum absolute atomic E-state index is 0.0776. The van der Waals surface area contributed by atoms with Crippen molar-refractivity contribution < 1.29 is 9.30 Å². The number of hydrogen-bond donors (Lipinski definition) is 0. The van der Waals surface area contributed by atoms with E-state index in [1.165, 1.54) is 27.5 Å². The normalized spacial score (nSPS) is 11.9. The number of nitrogens with zero attached hydrogens (tertiary/aromatic N) is 5. The fourth-order valence-corrected chi connectivity index (χ4v) is 15.2. The Bertz CT molecular complexity index is 5610. The molecule has 0 radical (unpaired) electrons. The van der Waals surface area contributed by atoms with Gasteiger partial charge in [-0.15, -0.1) is 0 Å². The number of hydrogen-bond acceptors (Lipinski definition) is 3. The molecule has 466 valence electrons. The van der Waals surface area contributed by atoms with Crippen molar-refractivity contribution in [1.82, 2.24) is 14.1 Å². The SMILES string of the molecule is Cc1cccc(C)c1B1c2ccccc2N(c2ccnc(-n3c4ccccc4c4ccc(Oc5cccc(-n6[c-][n+](-c7c(-c8cc(-c9ccccc9)cc(-c9ccccc9)c8)cccc7-c7cc(-c8ccccc8)cc(-c8ccccc8)c7)c7ccccc76)c5)cc43)c2)c2ccccc21. The highest BCUT2D eigenvalue weighted by atomic mass is 16.5. The number of fused-ring (bicyclic) bond motifs is 6. The van der Waals surface area contributed by atoms with Crippen LogP contribution in [0.5, 0.6) is 11.5 Å². The second-order valence-electron chi connectivity index (χ2n) is 25.7. The van der Waals surface area contributed by atoms with Gasteiger partial charge in [-0.1, -0.05) is 259 Å². The fraction of sp³-hybridized carbons (Fsp3) is 0.0217. The number of imidazole rings is 1. The average Bonchev–Trinajstić information content (AvgIpc) is 1.47. The molecule has 0 amide bonds. The minimum atomic E-state index is 0.0776. The zero-order valence-electron chi connectivity index (χ0n) is 54.7. The monoisotopic (exact) mass is 1270 g/mol. The van der Waals surface area contributed by atoms with E-state index in [9.17, 15) is 0 Å². The van der Waals surface area contributed by atoms with Crippen molar-refractivity contribution in [3.8, 4) is 95.5 Å². The van der Waals surface area contributed by atoms with E-state index in [-0.39, 0.29) is 6.71 Å². The minimum Gasteiger partial charge on any atom is -0.458 e. The van der Waals surface area contributed by atoms with Gasteiger partial charge in [0.05, 0.1) is 39.1 Å². The molecular formula is C92H64BN5O. The molecule has 0 bridgehead atoms.